The molecule has 3 aromatic carbocycles. The highest BCUT2D eigenvalue weighted by Gasteiger charge is 2.39. The zero-order valence-electron chi connectivity index (χ0n) is 23.7. The van der Waals surface area contributed by atoms with Gasteiger partial charge in [0.05, 0.1) is 17.2 Å². The molecule has 6 nitrogen and oxygen atoms in total. The van der Waals surface area contributed by atoms with Gasteiger partial charge in [0, 0.05) is 67.6 Å². The van der Waals surface area contributed by atoms with Crippen LogP contribution in [0.3, 0.4) is 0 Å². The third-order valence-corrected chi connectivity index (χ3v) is 7.63. The molecule has 0 unspecified atom stereocenters. The van der Waals surface area contributed by atoms with Gasteiger partial charge < -0.3 is 19.7 Å². The van der Waals surface area contributed by atoms with Crippen molar-refractivity contribution in [3.8, 4) is 0 Å². The lowest BCUT2D eigenvalue weighted by Crippen LogP contribution is -2.57. The molecule has 0 aliphatic carbocycles. The van der Waals surface area contributed by atoms with Gasteiger partial charge in [0.2, 0.25) is 0 Å². The number of piperazine rings is 1. The molecular weight excluding hydrogens is 610 g/mol. The molecule has 13 heteroatoms. The Bertz CT molecular complexity index is 1620. The molecule has 0 spiro atoms. The first-order chi connectivity index (χ1) is 20.2. The lowest BCUT2D eigenvalue weighted by atomic mass is 9.98. The summed E-state index contributed by atoms with van der Waals surface area (Å²) in [6.45, 7) is 0.00501. The Hall–Kier alpha value is -4.19. The Labute approximate surface area is 255 Å². The summed E-state index contributed by atoms with van der Waals surface area (Å²) in [5.41, 5.74) is -0.906. The Morgan fingerprint density at radius 3 is 2.05 bits per heavy atom. The molecule has 1 fully saturated rings. The quantitative estimate of drug-likeness (QED) is 0.242. The molecule has 0 radical (unpaired) electrons. The van der Waals surface area contributed by atoms with Crippen LogP contribution in [0.2, 0.25) is 0 Å². The van der Waals surface area contributed by atoms with Gasteiger partial charge in [-0.3, -0.25) is 9.59 Å². The fraction of sp³-hybridized carbons (Fsp3) is 0.290. The minimum absolute atomic E-state index is 0. The minimum atomic E-state index is -5.09. The highest BCUT2D eigenvalue weighted by molar-refractivity contribution is 5.97. The lowest BCUT2D eigenvalue weighted by molar-refractivity contribution is -0.143. The number of halogens is 7. The first-order valence-corrected chi connectivity index (χ1v) is 13.4. The van der Waals surface area contributed by atoms with Crippen LogP contribution in [-0.4, -0.2) is 66.4 Å². The van der Waals surface area contributed by atoms with Crippen LogP contribution in [0.1, 0.15) is 37.4 Å². The molecular formula is C31H29ClF6N4O2. The molecule has 1 aliphatic rings. The number of hydrogen-bond acceptors (Lipinski definition) is 3. The largest absolute Gasteiger partial charge is 0.416 e. The monoisotopic (exact) mass is 638 g/mol. The Morgan fingerprint density at radius 1 is 0.841 bits per heavy atom. The molecule has 1 aromatic heterocycles. The second-order valence-corrected chi connectivity index (χ2v) is 10.7. The number of aromatic amines is 1. The van der Waals surface area contributed by atoms with Gasteiger partial charge in [0.15, 0.2) is 0 Å². The van der Waals surface area contributed by atoms with Crippen LogP contribution in [0.25, 0.3) is 10.9 Å². The summed E-state index contributed by atoms with van der Waals surface area (Å²) in [5, 5.41) is 0.857. The van der Waals surface area contributed by atoms with Crippen molar-refractivity contribution < 1.29 is 35.9 Å². The summed E-state index contributed by atoms with van der Waals surface area (Å²) in [6.07, 6.45) is -8.22. The molecule has 234 valence electrons. The summed E-state index contributed by atoms with van der Waals surface area (Å²) in [5.74, 6) is -1.26. The molecule has 44 heavy (non-hydrogen) atoms. The van der Waals surface area contributed by atoms with E-state index in [2.05, 4.69) is 4.98 Å². The van der Waals surface area contributed by atoms with Crippen molar-refractivity contribution >= 4 is 40.8 Å². The molecule has 4 aromatic rings. The van der Waals surface area contributed by atoms with Crippen molar-refractivity contribution in [1.82, 2.24) is 14.8 Å². The topological polar surface area (TPSA) is 59.7 Å². The van der Waals surface area contributed by atoms with Crippen LogP contribution in [0.15, 0.2) is 72.9 Å². The van der Waals surface area contributed by atoms with E-state index in [4.69, 9.17) is 0 Å². The predicted molar refractivity (Wildman–Crippen MR) is 157 cm³/mol. The van der Waals surface area contributed by atoms with Gasteiger partial charge in [-0.25, -0.2) is 0 Å². The second kappa shape index (κ2) is 12.4. The first kappa shape index (κ1) is 32.7. The van der Waals surface area contributed by atoms with Crippen molar-refractivity contribution in [2.75, 3.05) is 38.6 Å². The maximum Gasteiger partial charge on any atom is 0.416 e. The summed E-state index contributed by atoms with van der Waals surface area (Å²) >= 11 is 0. The van der Waals surface area contributed by atoms with Crippen LogP contribution in [0, 0.1) is 0 Å². The zero-order valence-corrected chi connectivity index (χ0v) is 24.5. The molecule has 1 N–H and O–H groups in total. The Kier molecular flexibility index (Phi) is 9.24. The second-order valence-electron chi connectivity index (χ2n) is 10.7. The van der Waals surface area contributed by atoms with E-state index < -0.39 is 41.0 Å². The number of para-hydroxylation sites is 1. The van der Waals surface area contributed by atoms with Gasteiger partial charge in [-0.2, -0.15) is 26.3 Å². The number of alkyl halides is 6. The van der Waals surface area contributed by atoms with Crippen LogP contribution < -0.4 is 4.90 Å². The van der Waals surface area contributed by atoms with Gasteiger partial charge in [-0.1, -0.05) is 18.2 Å². The maximum absolute atomic E-state index is 13.7. The number of nitrogens with one attached hydrogen (secondary N) is 1. The third kappa shape index (κ3) is 6.80. The van der Waals surface area contributed by atoms with Crippen molar-refractivity contribution in [3.05, 3.63) is 101 Å². The third-order valence-electron chi connectivity index (χ3n) is 7.63. The van der Waals surface area contributed by atoms with Crippen molar-refractivity contribution in [2.45, 2.75) is 24.8 Å². The molecule has 5 rings (SSSR count). The number of anilines is 1. The lowest BCUT2D eigenvalue weighted by Gasteiger charge is -2.42. The standard InChI is InChI=1S/C31H28F6N4O2.ClH/c1-39(2)24-9-7-19(8-10-24)28(42)40-11-12-41(25(18-40)15-21-17-38-27-6-4-3-5-26(21)27)29(43)20-13-22(30(32,33)34)16-23(14-20)31(35,36)37;/h3-10,13-14,16-17,25,38H,11-12,15,18H2,1-2H3;1H/t25-;/m1./s1. The van der Waals surface area contributed by atoms with Gasteiger partial charge in [-0.15, -0.1) is 12.4 Å². The fourth-order valence-electron chi connectivity index (χ4n) is 5.37. The van der Waals surface area contributed by atoms with E-state index in [1.807, 2.05) is 43.3 Å². The molecule has 0 saturated carbocycles. The Morgan fingerprint density at radius 2 is 1.45 bits per heavy atom. The summed E-state index contributed by atoms with van der Waals surface area (Å²) in [6, 6.07) is 14.5. The average Bonchev–Trinajstić information content (AvgIpc) is 3.38. The average molecular weight is 639 g/mol. The zero-order chi connectivity index (χ0) is 31.1. The number of carbonyl (C=O) groups is 2. The smallest absolute Gasteiger partial charge is 0.378 e. The SMILES string of the molecule is CN(C)c1ccc(C(=O)N2CCN(C(=O)c3cc(C(F)(F)F)cc(C(F)(F)F)c3)[C@H](Cc3c[nH]c4ccccc34)C2)cc1.Cl. The number of amides is 2. The predicted octanol–water partition coefficient (Wildman–Crippen LogP) is 6.90. The molecule has 2 amide bonds. The van der Waals surface area contributed by atoms with Gasteiger partial charge in [0.1, 0.15) is 0 Å². The van der Waals surface area contributed by atoms with E-state index in [1.54, 1.807) is 35.4 Å². The summed E-state index contributed by atoms with van der Waals surface area (Å²) in [4.78, 5) is 35.0. The molecule has 2 heterocycles. The number of hydrogen-bond donors (Lipinski definition) is 1. The van der Waals surface area contributed by atoms with Crippen molar-refractivity contribution in [2.24, 2.45) is 0 Å². The molecule has 1 saturated heterocycles. The highest BCUT2D eigenvalue weighted by atomic mass is 35.5. The number of rotatable bonds is 5. The van der Waals surface area contributed by atoms with E-state index in [9.17, 15) is 35.9 Å². The van der Waals surface area contributed by atoms with Gasteiger partial charge >= 0.3 is 12.4 Å². The molecule has 1 atom stereocenters. The normalized spacial score (nSPS) is 15.7. The number of H-pyrrole nitrogens is 1. The van der Waals surface area contributed by atoms with E-state index in [0.29, 0.717) is 17.7 Å². The Balaban J connectivity index is 0.00000442. The van der Waals surface area contributed by atoms with E-state index in [1.165, 1.54) is 4.90 Å². The number of fused-ring (bicyclic) bond motifs is 1. The summed E-state index contributed by atoms with van der Waals surface area (Å²) in [7, 11) is 3.73. The minimum Gasteiger partial charge on any atom is -0.378 e. The summed E-state index contributed by atoms with van der Waals surface area (Å²) < 4.78 is 81.3. The fourth-order valence-corrected chi connectivity index (χ4v) is 5.37. The van der Waals surface area contributed by atoms with E-state index in [-0.39, 0.29) is 50.4 Å². The van der Waals surface area contributed by atoms with Gasteiger partial charge in [-0.05, 0) is 60.5 Å². The van der Waals surface area contributed by atoms with Crippen molar-refractivity contribution in [3.63, 3.8) is 0 Å². The highest BCUT2D eigenvalue weighted by Crippen LogP contribution is 2.37. The van der Waals surface area contributed by atoms with Crippen LogP contribution in [-0.2, 0) is 18.8 Å². The first-order valence-electron chi connectivity index (χ1n) is 13.4. The number of aromatic nitrogens is 1. The van der Waals surface area contributed by atoms with Gasteiger partial charge in [0.25, 0.3) is 11.8 Å². The molecule has 0 bridgehead atoms. The molecule has 1 aliphatic heterocycles. The van der Waals surface area contributed by atoms with E-state index in [0.717, 1.165) is 22.2 Å². The van der Waals surface area contributed by atoms with Crippen LogP contribution in [0.4, 0.5) is 32.0 Å². The number of benzene rings is 3. The number of carbonyl (C=O) groups excluding carboxylic acids is 2. The van der Waals surface area contributed by atoms with E-state index >= 15 is 0 Å². The van der Waals surface area contributed by atoms with Crippen molar-refractivity contribution in [1.29, 1.82) is 0 Å². The number of nitrogens with zero attached hydrogens (tertiary/aromatic N) is 3. The van der Waals surface area contributed by atoms with Crippen LogP contribution in [0.5, 0.6) is 0 Å². The maximum atomic E-state index is 13.7. The van der Waals surface area contributed by atoms with Crippen LogP contribution >= 0.6 is 12.4 Å².